The highest BCUT2D eigenvalue weighted by Crippen LogP contribution is 2.23. The van der Waals surface area contributed by atoms with Gasteiger partial charge in [-0.1, -0.05) is 103 Å². The molecule has 5 heteroatoms. The van der Waals surface area contributed by atoms with Crippen LogP contribution in [0.1, 0.15) is 129 Å². The van der Waals surface area contributed by atoms with Gasteiger partial charge in [0, 0.05) is 0 Å². The summed E-state index contributed by atoms with van der Waals surface area (Å²) in [7, 11) is 0. The summed E-state index contributed by atoms with van der Waals surface area (Å²) in [6, 6.07) is 0. The molecule has 0 rings (SSSR count). The van der Waals surface area contributed by atoms with E-state index in [-0.39, 0.29) is 6.54 Å². The van der Waals surface area contributed by atoms with Crippen molar-refractivity contribution in [3.63, 3.8) is 0 Å². The molecule has 3 N–H and O–H groups in total. The maximum absolute atomic E-state index is 11.9. The van der Waals surface area contributed by atoms with E-state index in [1.165, 1.54) is 64.2 Å². The second-order valence-corrected chi connectivity index (χ2v) is 8.93. The average molecular weight is 440 g/mol. The van der Waals surface area contributed by atoms with E-state index < -0.39 is 17.5 Å². The molecule has 1 atom stereocenters. The van der Waals surface area contributed by atoms with Crippen molar-refractivity contribution < 1.29 is 19.8 Å². The SMILES string of the molecule is CCCCCCCC/C=C\CCCCCCCCC(CCCC)(NCC(=O)O)C(=O)O. The monoisotopic (exact) mass is 439 g/mol. The van der Waals surface area contributed by atoms with E-state index in [1.807, 2.05) is 6.92 Å². The first kappa shape index (κ1) is 29.6. The third-order valence-corrected chi connectivity index (χ3v) is 6.06. The molecule has 0 aromatic heterocycles. The van der Waals surface area contributed by atoms with Crippen LogP contribution < -0.4 is 5.32 Å². The molecule has 31 heavy (non-hydrogen) atoms. The summed E-state index contributed by atoms with van der Waals surface area (Å²) in [5.41, 5.74) is -1.10. The zero-order chi connectivity index (χ0) is 23.2. The van der Waals surface area contributed by atoms with Crippen LogP contribution in [0.15, 0.2) is 12.2 Å². The Morgan fingerprint density at radius 2 is 1.13 bits per heavy atom. The summed E-state index contributed by atoms with van der Waals surface area (Å²) in [4.78, 5) is 22.8. The van der Waals surface area contributed by atoms with E-state index in [1.54, 1.807) is 0 Å². The van der Waals surface area contributed by atoms with Gasteiger partial charge in [-0.05, 0) is 38.5 Å². The van der Waals surface area contributed by atoms with Crippen LogP contribution in [-0.4, -0.2) is 34.2 Å². The highest BCUT2D eigenvalue weighted by atomic mass is 16.4. The second-order valence-electron chi connectivity index (χ2n) is 8.93. The number of rotatable bonds is 23. The Labute approximate surface area is 191 Å². The molecule has 1 unspecified atom stereocenters. The summed E-state index contributed by atoms with van der Waals surface area (Å²) in [6.45, 7) is 3.97. The number of hydrogen-bond donors (Lipinski definition) is 3. The molecule has 0 aromatic rings. The van der Waals surface area contributed by atoms with Crippen LogP contribution in [-0.2, 0) is 9.59 Å². The second kappa shape index (κ2) is 20.5. The highest BCUT2D eigenvalue weighted by molar-refractivity contribution is 5.80. The number of allylic oxidation sites excluding steroid dienone is 2. The predicted molar refractivity (Wildman–Crippen MR) is 130 cm³/mol. The minimum Gasteiger partial charge on any atom is -0.480 e. The molecule has 182 valence electrons. The minimum absolute atomic E-state index is 0.303. The Morgan fingerprint density at radius 3 is 1.61 bits per heavy atom. The predicted octanol–water partition coefficient (Wildman–Crippen LogP) is 7.10. The van der Waals surface area contributed by atoms with Gasteiger partial charge >= 0.3 is 11.9 Å². The Bertz CT molecular complexity index is 478. The van der Waals surface area contributed by atoms with Gasteiger partial charge in [0.1, 0.15) is 5.54 Å². The summed E-state index contributed by atoms with van der Waals surface area (Å²) < 4.78 is 0. The van der Waals surface area contributed by atoms with Gasteiger partial charge in [-0.3, -0.25) is 14.9 Å². The lowest BCUT2D eigenvalue weighted by molar-refractivity contribution is -0.146. The van der Waals surface area contributed by atoms with Crippen LogP contribution in [0.25, 0.3) is 0 Å². The average Bonchev–Trinajstić information content (AvgIpc) is 2.74. The van der Waals surface area contributed by atoms with Gasteiger partial charge in [0.25, 0.3) is 0 Å². The van der Waals surface area contributed by atoms with Crippen molar-refractivity contribution in [3.8, 4) is 0 Å². The molecule has 0 heterocycles. The van der Waals surface area contributed by atoms with E-state index >= 15 is 0 Å². The molecule has 0 fully saturated rings. The molecule has 0 aliphatic rings. The number of nitrogens with one attached hydrogen (secondary N) is 1. The number of carboxylic acids is 2. The molecule has 5 nitrogen and oxygen atoms in total. The molecule has 0 bridgehead atoms. The van der Waals surface area contributed by atoms with Crippen molar-refractivity contribution in [1.82, 2.24) is 5.32 Å². The third kappa shape index (κ3) is 16.9. The zero-order valence-electron chi connectivity index (χ0n) is 20.3. The summed E-state index contributed by atoms with van der Waals surface area (Å²) in [5.74, 6) is -1.93. The van der Waals surface area contributed by atoms with Gasteiger partial charge in [-0.2, -0.15) is 0 Å². The molecule has 0 saturated carbocycles. The number of unbranched alkanes of at least 4 members (excludes halogenated alkanes) is 13. The number of carbonyl (C=O) groups is 2. The Hall–Kier alpha value is -1.36. The fourth-order valence-corrected chi connectivity index (χ4v) is 3.99. The van der Waals surface area contributed by atoms with E-state index in [9.17, 15) is 14.7 Å². The van der Waals surface area contributed by atoms with Gasteiger partial charge in [0.15, 0.2) is 0 Å². The molecule has 0 radical (unpaired) electrons. The molecule has 0 aliphatic heterocycles. The topological polar surface area (TPSA) is 86.6 Å². The van der Waals surface area contributed by atoms with Crippen LogP contribution in [0, 0.1) is 0 Å². The van der Waals surface area contributed by atoms with E-state index in [4.69, 9.17) is 5.11 Å². The quantitative estimate of drug-likeness (QED) is 0.117. The van der Waals surface area contributed by atoms with Gasteiger partial charge in [-0.15, -0.1) is 0 Å². The van der Waals surface area contributed by atoms with Crippen LogP contribution in [0.4, 0.5) is 0 Å². The summed E-state index contributed by atoms with van der Waals surface area (Å²) >= 11 is 0. The number of aliphatic carboxylic acids is 2. The van der Waals surface area contributed by atoms with Crippen LogP contribution in [0.5, 0.6) is 0 Å². The van der Waals surface area contributed by atoms with E-state index in [0.717, 1.165) is 38.5 Å². The lowest BCUT2D eigenvalue weighted by Crippen LogP contribution is -2.53. The lowest BCUT2D eigenvalue weighted by atomic mass is 9.86. The van der Waals surface area contributed by atoms with Crippen LogP contribution >= 0.6 is 0 Å². The zero-order valence-corrected chi connectivity index (χ0v) is 20.3. The number of hydrogen-bond acceptors (Lipinski definition) is 3. The Morgan fingerprint density at radius 1 is 0.677 bits per heavy atom. The molecule has 0 saturated heterocycles. The first-order chi connectivity index (χ1) is 15.0. The summed E-state index contributed by atoms with van der Waals surface area (Å²) in [5, 5.41) is 21.5. The van der Waals surface area contributed by atoms with Crippen molar-refractivity contribution in [2.75, 3.05) is 6.54 Å². The fraction of sp³-hybridized carbons (Fsp3) is 0.846. The standard InChI is InChI=1S/C26H49NO4/c1-3-5-7-8-9-10-11-12-13-14-15-16-17-18-19-20-22-26(25(30)31,21-6-4-2)27-23-24(28)29/h12-13,27H,3-11,14-23H2,1-2H3,(H,28,29)(H,30,31)/b13-12-. The van der Waals surface area contributed by atoms with Gasteiger partial charge in [0.05, 0.1) is 6.54 Å². The highest BCUT2D eigenvalue weighted by Gasteiger charge is 2.37. The van der Waals surface area contributed by atoms with E-state index in [0.29, 0.717) is 12.8 Å². The molecular formula is C26H49NO4. The van der Waals surface area contributed by atoms with Crippen LogP contribution in [0.3, 0.4) is 0 Å². The molecular weight excluding hydrogens is 390 g/mol. The molecule has 0 aromatic carbocycles. The van der Waals surface area contributed by atoms with Gasteiger partial charge in [-0.25, -0.2) is 0 Å². The van der Waals surface area contributed by atoms with Crippen molar-refractivity contribution in [2.45, 2.75) is 135 Å². The third-order valence-electron chi connectivity index (χ3n) is 6.06. The molecule has 0 spiro atoms. The largest absolute Gasteiger partial charge is 0.480 e. The molecule has 0 aliphatic carbocycles. The summed E-state index contributed by atoms with van der Waals surface area (Å²) in [6.07, 6.45) is 24.4. The maximum Gasteiger partial charge on any atom is 0.323 e. The number of carboxylic acid groups (broad SMARTS) is 2. The minimum atomic E-state index is -1.10. The van der Waals surface area contributed by atoms with Gasteiger partial charge < -0.3 is 10.2 Å². The first-order valence-corrected chi connectivity index (χ1v) is 12.8. The van der Waals surface area contributed by atoms with Crippen molar-refractivity contribution in [3.05, 3.63) is 12.2 Å². The fourth-order valence-electron chi connectivity index (χ4n) is 3.99. The normalized spacial score (nSPS) is 13.5. The molecule has 0 amide bonds. The Kier molecular flexibility index (Phi) is 19.6. The Balaban J connectivity index is 3.85. The van der Waals surface area contributed by atoms with Crippen molar-refractivity contribution in [2.24, 2.45) is 0 Å². The lowest BCUT2D eigenvalue weighted by Gasteiger charge is -2.30. The maximum atomic E-state index is 11.9. The van der Waals surface area contributed by atoms with E-state index in [2.05, 4.69) is 24.4 Å². The van der Waals surface area contributed by atoms with Gasteiger partial charge in [0.2, 0.25) is 0 Å². The van der Waals surface area contributed by atoms with Crippen LogP contribution in [0.2, 0.25) is 0 Å². The smallest absolute Gasteiger partial charge is 0.323 e. The van der Waals surface area contributed by atoms with Crippen molar-refractivity contribution in [1.29, 1.82) is 0 Å². The first-order valence-electron chi connectivity index (χ1n) is 12.8. The van der Waals surface area contributed by atoms with Crippen molar-refractivity contribution >= 4 is 11.9 Å².